The monoisotopic (exact) mass is 481 g/mol. The second kappa shape index (κ2) is 11.8. The third-order valence-corrected chi connectivity index (χ3v) is 5.62. The average molecular weight is 482 g/mol. The summed E-state index contributed by atoms with van der Waals surface area (Å²) in [6.07, 6.45) is 0.658. The Balaban J connectivity index is 1.74. The third-order valence-electron chi connectivity index (χ3n) is 5.62. The van der Waals surface area contributed by atoms with Gasteiger partial charge in [0.15, 0.2) is 0 Å². The number of benzene rings is 3. The fraction of sp³-hybridized carbons (Fsp3) is 0.172. The van der Waals surface area contributed by atoms with Gasteiger partial charge in [-0.15, -0.1) is 0 Å². The summed E-state index contributed by atoms with van der Waals surface area (Å²) >= 11 is 0. The Morgan fingerprint density at radius 3 is 2.06 bits per heavy atom. The number of rotatable bonds is 9. The first kappa shape index (κ1) is 24.6. The number of amides is 1. The summed E-state index contributed by atoms with van der Waals surface area (Å²) in [6, 6.07) is 28.2. The molecule has 0 bridgehead atoms. The average Bonchev–Trinajstić information content (AvgIpc) is 2.91. The van der Waals surface area contributed by atoms with E-state index in [4.69, 9.17) is 4.74 Å². The van der Waals surface area contributed by atoms with E-state index in [2.05, 4.69) is 10.4 Å². The molecule has 0 spiro atoms. The molecule has 0 atom stereocenters. The highest BCUT2D eigenvalue weighted by Crippen LogP contribution is 2.32. The molecule has 4 rings (SSSR count). The number of carbonyl (C=O) groups excluding carboxylic acids is 2. The molecule has 1 amide bonds. The summed E-state index contributed by atoms with van der Waals surface area (Å²) in [7, 11) is 0. The molecule has 3 aromatic carbocycles. The van der Waals surface area contributed by atoms with E-state index in [1.807, 2.05) is 91.0 Å². The van der Waals surface area contributed by atoms with E-state index in [0.29, 0.717) is 35.3 Å². The van der Waals surface area contributed by atoms with Crippen LogP contribution in [0.1, 0.15) is 22.8 Å². The number of nitrogens with one attached hydrogen (secondary N) is 1. The van der Waals surface area contributed by atoms with Gasteiger partial charge in [-0.25, -0.2) is 9.48 Å². The van der Waals surface area contributed by atoms with Gasteiger partial charge >= 0.3 is 5.97 Å². The molecule has 4 aromatic rings. The fourth-order valence-electron chi connectivity index (χ4n) is 3.94. The molecule has 36 heavy (non-hydrogen) atoms. The Morgan fingerprint density at radius 2 is 1.44 bits per heavy atom. The van der Waals surface area contributed by atoms with Crippen LogP contribution in [0, 0.1) is 0 Å². The van der Waals surface area contributed by atoms with E-state index in [1.165, 1.54) is 0 Å². The summed E-state index contributed by atoms with van der Waals surface area (Å²) < 4.78 is 6.30. The summed E-state index contributed by atoms with van der Waals surface area (Å²) in [5.41, 5.74) is 2.44. The molecular weight excluding hydrogens is 454 g/mol. The minimum Gasteiger partial charge on any atom is -0.462 e. The zero-order valence-electron chi connectivity index (χ0n) is 20.0. The summed E-state index contributed by atoms with van der Waals surface area (Å²) in [5, 5.41) is 7.40. The number of carbonyl (C=O) groups is 2. The number of aromatic nitrogens is 2. The highest BCUT2D eigenvalue weighted by molar-refractivity contribution is 6.01. The van der Waals surface area contributed by atoms with E-state index in [1.54, 1.807) is 6.92 Å². The molecule has 7 heteroatoms. The van der Waals surface area contributed by atoms with E-state index >= 15 is 0 Å². The molecule has 0 radical (unpaired) electrons. The van der Waals surface area contributed by atoms with Crippen molar-refractivity contribution in [2.24, 2.45) is 0 Å². The highest BCUT2D eigenvalue weighted by Gasteiger charge is 2.26. The summed E-state index contributed by atoms with van der Waals surface area (Å²) in [6.45, 7) is 1.87. The zero-order chi connectivity index (χ0) is 25.3. The number of hydrogen-bond donors (Lipinski definition) is 1. The fourth-order valence-corrected chi connectivity index (χ4v) is 3.94. The number of hydrogen-bond acceptors (Lipinski definition) is 5. The van der Waals surface area contributed by atoms with Gasteiger partial charge in [-0.05, 0) is 24.5 Å². The normalized spacial score (nSPS) is 10.6. The van der Waals surface area contributed by atoms with Gasteiger partial charge in [-0.3, -0.25) is 9.59 Å². The van der Waals surface area contributed by atoms with Crippen LogP contribution in [0.4, 0.5) is 0 Å². The molecule has 0 aliphatic rings. The Bertz CT molecular complexity index is 1380. The van der Waals surface area contributed by atoms with E-state index in [-0.39, 0.29) is 24.6 Å². The van der Waals surface area contributed by atoms with Crippen molar-refractivity contribution in [2.75, 3.05) is 13.2 Å². The van der Waals surface area contributed by atoms with Crippen molar-refractivity contribution in [1.82, 2.24) is 15.1 Å². The molecular formula is C29H27N3O4. The van der Waals surface area contributed by atoms with Crippen LogP contribution in [-0.2, 0) is 22.5 Å². The second-order valence-electron chi connectivity index (χ2n) is 8.10. The molecule has 0 saturated heterocycles. The topological polar surface area (TPSA) is 90.3 Å². The van der Waals surface area contributed by atoms with Crippen molar-refractivity contribution in [3.05, 3.63) is 112 Å². The van der Waals surface area contributed by atoms with Crippen LogP contribution >= 0.6 is 0 Å². The predicted octanol–water partition coefficient (Wildman–Crippen LogP) is 4.11. The van der Waals surface area contributed by atoms with Crippen LogP contribution < -0.4 is 10.9 Å². The van der Waals surface area contributed by atoms with Gasteiger partial charge in [-0.1, -0.05) is 91.0 Å². The number of nitrogens with zero attached hydrogens (tertiary/aromatic N) is 2. The molecule has 0 aliphatic heterocycles. The molecule has 0 unspecified atom stereocenters. The van der Waals surface area contributed by atoms with E-state index in [0.717, 1.165) is 10.2 Å². The number of esters is 1. The largest absolute Gasteiger partial charge is 0.462 e. The van der Waals surface area contributed by atoms with Gasteiger partial charge in [0.25, 0.3) is 5.56 Å². The van der Waals surface area contributed by atoms with Gasteiger partial charge < -0.3 is 10.1 Å². The Morgan fingerprint density at radius 1 is 0.861 bits per heavy atom. The molecule has 182 valence electrons. The van der Waals surface area contributed by atoms with Gasteiger partial charge in [0.05, 0.1) is 12.3 Å². The van der Waals surface area contributed by atoms with Crippen LogP contribution in [0.15, 0.2) is 95.8 Å². The molecule has 0 saturated carbocycles. The van der Waals surface area contributed by atoms with Gasteiger partial charge in [0.2, 0.25) is 5.91 Å². The van der Waals surface area contributed by atoms with Crippen LogP contribution in [0.3, 0.4) is 0 Å². The van der Waals surface area contributed by atoms with Crippen molar-refractivity contribution in [1.29, 1.82) is 0 Å². The molecule has 7 nitrogen and oxygen atoms in total. The van der Waals surface area contributed by atoms with Gasteiger partial charge in [0, 0.05) is 17.7 Å². The SMILES string of the molecule is CCOC(=O)c1c(-c2ccccc2)c(-c2ccccc2)nn(CC(=O)NCCc2ccccc2)c1=O. The zero-order valence-corrected chi connectivity index (χ0v) is 20.0. The first-order valence-electron chi connectivity index (χ1n) is 11.8. The van der Waals surface area contributed by atoms with Gasteiger partial charge in [-0.2, -0.15) is 5.10 Å². The first-order valence-corrected chi connectivity index (χ1v) is 11.8. The first-order chi connectivity index (χ1) is 17.6. The lowest BCUT2D eigenvalue weighted by Crippen LogP contribution is -2.37. The van der Waals surface area contributed by atoms with Crippen LogP contribution in [0.2, 0.25) is 0 Å². The van der Waals surface area contributed by atoms with Crippen molar-refractivity contribution >= 4 is 11.9 Å². The summed E-state index contributed by atoms with van der Waals surface area (Å²) in [4.78, 5) is 39.3. The lowest BCUT2D eigenvalue weighted by atomic mass is 9.95. The standard InChI is InChI=1S/C29H27N3O4/c1-2-36-29(35)26-25(22-14-8-4-9-15-22)27(23-16-10-5-11-17-23)31-32(28(26)34)20-24(33)30-19-18-21-12-6-3-7-13-21/h3-17H,2,18-20H2,1H3,(H,30,33). The lowest BCUT2D eigenvalue weighted by Gasteiger charge is -2.17. The van der Waals surface area contributed by atoms with Crippen LogP contribution in [0.5, 0.6) is 0 Å². The van der Waals surface area contributed by atoms with Crippen LogP contribution in [-0.4, -0.2) is 34.8 Å². The minimum atomic E-state index is -0.751. The van der Waals surface area contributed by atoms with Crippen molar-refractivity contribution < 1.29 is 14.3 Å². The molecule has 1 heterocycles. The van der Waals surface area contributed by atoms with Gasteiger partial charge in [0.1, 0.15) is 12.1 Å². The van der Waals surface area contributed by atoms with E-state index < -0.39 is 11.5 Å². The van der Waals surface area contributed by atoms with Crippen molar-refractivity contribution in [3.63, 3.8) is 0 Å². The van der Waals surface area contributed by atoms with E-state index in [9.17, 15) is 14.4 Å². The third kappa shape index (κ3) is 5.75. The molecule has 0 aliphatic carbocycles. The van der Waals surface area contributed by atoms with Crippen molar-refractivity contribution in [3.8, 4) is 22.4 Å². The molecule has 1 N–H and O–H groups in total. The Kier molecular flexibility index (Phi) is 8.03. The second-order valence-corrected chi connectivity index (χ2v) is 8.10. The predicted molar refractivity (Wildman–Crippen MR) is 138 cm³/mol. The number of ether oxygens (including phenoxy) is 1. The Hall–Kier alpha value is -4.52. The quantitative estimate of drug-likeness (QED) is 0.363. The maximum Gasteiger partial charge on any atom is 0.344 e. The maximum atomic E-state index is 13.5. The highest BCUT2D eigenvalue weighted by atomic mass is 16.5. The molecule has 1 aromatic heterocycles. The van der Waals surface area contributed by atoms with Crippen LogP contribution in [0.25, 0.3) is 22.4 Å². The minimum absolute atomic E-state index is 0.107. The maximum absolute atomic E-state index is 13.5. The van der Waals surface area contributed by atoms with Crippen molar-refractivity contribution in [2.45, 2.75) is 19.9 Å². The smallest absolute Gasteiger partial charge is 0.344 e. The Labute approximate surface area is 209 Å². The summed E-state index contributed by atoms with van der Waals surface area (Å²) in [5.74, 6) is -1.12. The molecule has 0 fully saturated rings. The lowest BCUT2D eigenvalue weighted by molar-refractivity contribution is -0.121.